The number of benzene rings is 1. The van der Waals surface area contributed by atoms with Gasteiger partial charge in [-0.15, -0.1) is 0 Å². The Labute approximate surface area is 135 Å². The predicted octanol–water partition coefficient (Wildman–Crippen LogP) is 3.85. The summed E-state index contributed by atoms with van der Waals surface area (Å²) in [6.07, 6.45) is 9.31. The second-order valence-electron chi connectivity index (χ2n) is 5.85. The van der Waals surface area contributed by atoms with Crippen LogP contribution in [0.4, 0.5) is 4.79 Å². The summed E-state index contributed by atoms with van der Waals surface area (Å²) in [5, 5.41) is 0.787. The van der Waals surface area contributed by atoms with Crippen LogP contribution in [-0.2, 0) is 6.42 Å². The van der Waals surface area contributed by atoms with Crippen LogP contribution in [-0.4, -0.2) is 33.6 Å². The van der Waals surface area contributed by atoms with Crippen molar-refractivity contribution in [2.45, 2.75) is 25.7 Å². The Balaban J connectivity index is 1.45. The number of piperidine rings is 1. The van der Waals surface area contributed by atoms with Crippen molar-refractivity contribution in [1.82, 2.24) is 14.5 Å². The zero-order chi connectivity index (χ0) is 15.4. The fourth-order valence-corrected chi connectivity index (χ4v) is 3.10. The lowest BCUT2D eigenvalue weighted by atomic mass is 9.90. The van der Waals surface area contributed by atoms with E-state index < -0.39 is 0 Å². The molecule has 1 aliphatic heterocycles. The van der Waals surface area contributed by atoms with Gasteiger partial charge in [0.25, 0.3) is 0 Å². The second kappa shape index (κ2) is 6.97. The quantitative estimate of drug-likeness (QED) is 0.862. The third kappa shape index (κ3) is 3.69. The lowest BCUT2D eigenvalue weighted by Crippen LogP contribution is -2.40. The second-order valence-corrected chi connectivity index (χ2v) is 6.28. The molecule has 0 aliphatic carbocycles. The first-order chi connectivity index (χ1) is 10.7. The zero-order valence-corrected chi connectivity index (χ0v) is 13.2. The Morgan fingerprint density at radius 3 is 2.59 bits per heavy atom. The number of halogens is 1. The first-order valence-electron chi connectivity index (χ1n) is 7.74. The number of aryl methyl sites for hydroxylation is 1. The maximum absolute atomic E-state index is 12.2. The van der Waals surface area contributed by atoms with Crippen LogP contribution in [0.25, 0.3) is 0 Å². The van der Waals surface area contributed by atoms with Crippen LogP contribution >= 0.6 is 11.6 Å². The average molecular weight is 318 g/mol. The molecule has 1 saturated heterocycles. The van der Waals surface area contributed by atoms with Crippen molar-refractivity contribution in [2.24, 2.45) is 5.92 Å². The molecule has 1 fully saturated rings. The van der Waals surface area contributed by atoms with Crippen molar-refractivity contribution >= 4 is 17.6 Å². The maximum Gasteiger partial charge on any atom is 0.329 e. The zero-order valence-electron chi connectivity index (χ0n) is 12.5. The molecule has 4 nitrogen and oxygen atoms in total. The van der Waals surface area contributed by atoms with Crippen LogP contribution in [0.3, 0.4) is 0 Å². The molecule has 0 radical (unpaired) electrons. The Morgan fingerprint density at radius 1 is 1.23 bits per heavy atom. The van der Waals surface area contributed by atoms with Crippen LogP contribution in [0, 0.1) is 5.92 Å². The van der Waals surface area contributed by atoms with Crippen molar-refractivity contribution in [3.05, 3.63) is 53.6 Å². The Kier molecular flexibility index (Phi) is 4.78. The van der Waals surface area contributed by atoms with Crippen LogP contribution in [0.5, 0.6) is 0 Å². The molecule has 0 bridgehead atoms. The van der Waals surface area contributed by atoms with Gasteiger partial charge in [-0.25, -0.2) is 9.78 Å². The molecule has 0 atom stereocenters. The van der Waals surface area contributed by atoms with Gasteiger partial charge >= 0.3 is 6.03 Å². The van der Waals surface area contributed by atoms with Crippen LogP contribution in [0.1, 0.15) is 24.8 Å². The molecular weight excluding hydrogens is 298 g/mol. The Bertz CT molecular complexity index is 601. The van der Waals surface area contributed by atoms with Crippen molar-refractivity contribution in [3.8, 4) is 0 Å². The van der Waals surface area contributed by atoms with E-state index in [1.54, 1.807) is 23.3 Å². The highest BCUT2D eigenvalue weighted by Gasteiger charge is 2.23. The number of imidazole rings is 1. The summed E-state index contributed by atoms with van der Waals surface area (Å²) in [5.74, 6) is 0.697. The lowest BCUT2D eigenvalue weighted by molar-refractivity contribution is 0.169. The minimum atomic E-state index is 0.0358. The van der Waals surface area contributed by atoms with Gasteiger partial charge in [-0.1, -0.05) is 23.7 Å². The molecule has 5 heteroatoms. The fraction of sp³-hybridized carbons (Fsp3) is 0.412. The molecule has 22 heavy (non-hydrogen) atoms. The molecule has 1 amide bonds. The van der Waals surface area contributed by atoms with Gasteiger partial charge in [-0.2, -0.15) is 0 Å². The number of hydrogen-bond donors (Lipinski definition) is 0. The van der Waals surface area contributed by atoms with Gasteiger partial charge in [-0.3, -0.25) is 4.57 Å². The first kappa shape index (κ1) is 15.1. The smallest absolute Gasteiger partial charge is 0.324 e. The standard InChI is InChI=1S/C17H20ClN3O/c18-16-5-3-14(4-6-16)1-2-15-7-10-20(11-8-15)17(22)21-12-9-19-13-21/h3-6,9,12-13,15H,1-2,7-8,10-11H2. The SMILES string of the molecule is O=C(N1CCC(CCc2ccc(Cl)cc2)CC1)n1ccnc1. The first-order valence-corrected chi connectivity index (χ1v) is 8.12. The molecule has 0 unspecified atom stereocenters. The molecule has 2 heterocycles. The van der Waals surface area contributed by atoms with E-state index in [2.05, 4.69) is 17.1 Å². The van der Waals surface area contributed by atoms with E-state index in [9.17, 15) is 4.79 Å². The molecule has 2 aromatic rings. The Hall–Kier alpha value is -1.81. The van der Waals surface area contributed by atoms with E-state index in [0.29, 0.717) is 5.92 Å². The summed E-state index contributed by atoms with van der Waals surface area (Å²) in [7, 11) is 0. The van der Waals surface area contributed by atoms with Gasteiger partial charge in [-0.05, 0) is 49.3 Å². The highest BCUT2D eigenvalue weighted by molar-refractivity contribution is 6.30. The molecular formula is C17H20ClN3O. The minimum Gasteiger partial charge on any atom is -0.324 e. The van der Waals surface area contributed by atoms with E-state index in [1.807, 2.05) is 17.0 Å². The molecule has 3 rings (SSSR count). The molecule has 0 spiro atoms. The highest BCUT2D eigenvalue weighted by Crippen LogP contribution is 2.23. The van der Waals surface area contributed by atoms with Crippen molar-refractivity contribution < 1.29 is 4.79 Å². The average Bonchev–Trinajstić information content (AvgIpc) is 3.09. The number of hydrogen-bond acceptors (Lipinski definition) is 2. The van der Waals surface area contributed by atoms with E-state index in [-0.39, 0.29) is 6.03 Å². The summed E-state index contributed by atoms with van der Waals surface area (Å²) in [4.78, 5) is 18.1. The number of amides is 1. The van der Waals surface area contributed by atoms with E-state index in [1.165, 1.54) is 12.0 Å². The normalized spacial score (nSPS) is 16.0. The van der Waals surface area contributed by atoms with Crippen LogP contribution < -0.4 is 0 Å². The molecule has 1 aliphatic rings. The molecule has 1 aromatic heterocycles. The van der Waals surface area contributed by atoms with Gasteiger partial charge in [0.2, 0.25) is 0 Å². The highest BCUT2D eigenvalue weighted by atomic mass is 35.5. The third-order valence-electron chi connectivity index (χ3n) is 4.36. The van der Waals surface area contributed by atoms with Crippen molar-refractivity contribution in [3.63, 3.8) is 0 Å². The van der Waals surface area contributed by atoms with Crippen molar-refractivity contribution in [1.29, 1.82) is 0 Å². The summed E-state index contributed by atoms with van der Waals surface area (Å²) in [6, 6.07) is 8.13. The minimum absolute atomic E-state index is 0.0358. The maximum atomic E-state index is 12.2. The summed E-state index contributed by atoms with van der Waals surface area (Å²) in [6.45, 7) is 1.67. The van der Waals surface area contributed by atoms with Crippen LogP contribution in [0.2, 0.25) is 5.02 Å². The fourth-order valence-electron chi connectivity index (χ4n) is 2.97. The van der Waals surface area contributed by atoms with E-state index in [0.717, 1.165) is 37.4 Å². The van der Waals surface area contributed by atoms with Gasteiger partial charge in [0.05, 0.1) is 0 Å². The summed E-state index contributed by atoms with van der Waals surface area (Å²) >= 11 is 5.90. The largest absolute Gasteiger partial charge is 0.329 e. The van der Waals surface area contributed by atoms with Gasteiger partial charge in [0.15, 0.2) is 0 Å². The number of aromatic nitrogens is 2. The molecule has 0 N–H and O–H groups in total. The Morgan fingerprint density at radius 2 is 1.95 bits per heavy atom. The molecule has 1 aromatic carbocycles. The molecule has 116 valence electrons. The van der Waals surface area contributed by atoms with Gasteiger partial charge in [0.1, 0.15) is 6.33 Å². The topological polar surface area (TPSA) is 38.1 Å². The number of nitrogens with zero attached hydrogens (tertiary/aromatic N) is 3. The number of likely N-dealkylation sites (tertiary alicyclic amines) is 1. The summed E-state index contributed by atoms with van der Waals surface area (Å²) < 4.78 is 1.55. The van der Waals surface area contributed by atoms with Gasteiger partial charge < -0.3 is 4.90 Å². The number of rotatable bonds is 3. The van der Waals surface area contributed by atoms with Crippen LogP contribution in [0.15, 0.2) is 43.0 Å². The van der Waals surface area contributed by atoms with Gasteiger partial charge in [0, 0.05) is 30.5 Å². The number of carbonyl (C=O) groups is 1. The number of carbonyl (C=O) groups excluding carboxylic acids is 1. The van der Waals surface area contributed by atoms with E-state index >= 15 is 0 Å². The van der Waals surface area contributed by atoms with E-state index in [4.69, 9.17) is 11.6 Å². The summed E-state index contributed by atoms with van der Waals surface area (Å²) in [5.41, 5.74) is 1.33. The predicted molar refractivity (Wildman–Crippen MR) is 87.1 cm³/mol. The third-order valence-corrected chi connectivity index (χ3v) is 4.62. The molecule has 0 saturated carbocycles. The monoisotopic (exact) mass is 317 g/mol. The van der Waals surface area contributed by atoms with Crippen molar-refractivity contribution in [2.75, 3.05) is 13.1 Å². The lowest BCUT2D eigenvalue weighted by Gasteiger charge is -2.31.